The van der Waals surface area contributed by atoms with E-state index in [1.54, 1.807) is 54.6 Å². The van der Waals surface area contributed by atoms with Crippen molar-refractivity contribution in [2.24, 2.45) is 0 Å². The number of nitrogens with one attached hydrogen (secondary N) is 4. The van der Waals surface area contributed by atoms with Gasteiger partial charge >= 0.3 is 59.1 Å². The van der Waals surface area contributed by atoms with Gasteiger partial charge in [-0.25, -0.2) is 16.8 Å². The van der Waals surface area contributed by atoms with Crippen LogP contribution in [0.1, 0.15) is 11.1 Å². The number of aliphatic hydroxyl groups excluding tert-OH is 4. The van der Waals surface area contributed by atoms with Crippen molar-refractivity contribution < 1.29 is 105 Å². The Kier molecular flexibility index (Phi) is 20.6. The van der Waals surface area contributed by atoms with Crippen LogP contribution in [0.25, 0.3) is 12.2 Å². The van der Waals surface area contributed by atoms with Gasteiger partial charge in [-0.15, -0.1) is 0 Å². The van der Waals surface area contributed by atoms with E-state index in [4.69, 9.17) is 0 Å². The largest absolute Gasteiger partial charge is 1.00 e. The Labute approximate surface area is 424 Å². The summed E-state index contributed by atoms with van der Waals surface area (Å²) in [7, 11) is -10.5. The van der Waals surface area contributed by atoms with Crippen LogP contribution in [-0.2, 0) is 20.2 Å². The molecule has 26 heteroatoms. The minimum absolute atomic E-state index is 0. The van der Waals surface area contributed by atoms with Crippen LogP contribution in [0.5, 0.6) is 0 Å². The summed E-state index contributed by atoms with van der Waals surface area (Å²) in [4.78, 5) is 27.7. The molecule has 0 saturated carbocycles. The molecule has 0 radical (unpaired) electrons. The second-order valence-electron chi connectivity index (χ2n) is 13.4. The molecule has 2 heterocycles. The Hall–Kier alpha value is -4.90. The number of benzene rings is 4. The molecule has 2 aromatic heterocycles. The van der Waals surface area contributed by atoms with Gasteiger partial charge < -0.3 is 60.6 Å². The minimum Gasteiger partial charge on any atom is -0.744 e. The van der Waals surface area contributed by atoms with E-state index < -0.39 is 30.0 Å². The van der Waals surface area contributed by atoms with E-state index in [1.165, 1.54) is 40.1 Å². The van der Waals surface area contributed by atoms with Crippen molar-refractivity contribution in [3.05, 3.63) is 108 Å². The van der Waals surface area contributed by atoms with Crippen LogP contribution in [-0.4, -0.2) is 129 Å². The molecule has 6 rings (SSSR count). The molecule has 4 aromatic carbocycles. The van der Waals surface area contributed by atoms with Crippen molar-refractivity contribution >= 4 is 90.8 Å². The Morgan fingerprint density at radius 2 is 0.909 bits per heavy atom. The van der Waals surface area contributed by atoms with Crippen LogP contribution in [0.2, 0.25) is 0 Å². The van der Waals surface area contributed by atoms with E-state index in [9.17, 15) is 46.4 Å². The number of aliphatic hydroxyl groups is 4. The van der Waals surface area contributed by atoms with Crippen LogP contribution < -0.4 is 90.2 Å². The average Bonchev–Trinajstić information content (AvgIpc) is 3.25. The summed E-state index contributed by atoms with van der Waals surface area (Å²) in [6, 6.07) is 25.4. The molecule has 66 heavy (non-hydrogen) atoms. The first-order valence-electron chi connectivity index (χ1n) is 19.3. The molecule has 22 nitrogen and oxygen atoms in total. The Balaban J connectivity index is 0.00000476. The van der Waals surface area contributed by atoms with Crippen molar-refractivity contribution in [1.82, 2.24) is 29.9 Å². The standard InChI is InChI=1S/C40H44N12O10S2.2Na/c53-22-18-51(19-23-54)39-47-35(41-29-9-3-1-4-10-29)45-37(49-39)43-31-17-16-27(33(26-31)63(57,58)59)14-15-28-8-7-13-32(34(28)64(60,61)62)44-38-46-36(42-30-11-5-2-6-12-30)48-40(50-38)52(20-24-55)21-25-56;;/h1-17,26,53-56H,18-25H2,(H,57,58,59)(H,60,61,62)(H2,41,43,45,47,49)(H2,42,44,46,48,50);;/q;2*+1/p-2/b15-14+;;. The molecule has 6 aromatic rings. The predicted molar refractivity (Wildman–Crippen MR) is 236 cm³/mol. The summed E-state index contributed by atoms with van der Waals surface area (Å²) < 4.78 is 76.6. The first-order chi connectivity index (χ1) is 30.8. The van der Waals surface area contributed by atoms with Crippen LogP contribution in [0, 0.1) is 0 Å². The summed E-state index contributed by atoms with van der Waals surface area (Å²) in [5, 5.41) is 50.2. The van der Waals surface area contributed by atoms with Gasteiger partial charge in [-0.2, -0.15) is 29.9 Å². The van der Waals surface area contributed by atoms with Gasteiger partial charge in [-0.3, -0.25) is 0 Å². The number of anilines is 10. The Morgan fingerprint density at radius 3 is 1.33 bits per heavy atom. The van der Waals surface area contributed by atoms with E-state index in [0.29, 0.717) is 11.4 Å². The van der Waals surface area contributed by atoms with Crippen LogP contribution >= 0.6 is 0 Å². The van der Waals surface area contributed by atoms with E-state index in [2.05, 4.69) is 51.2 Å². The summed E-state index contributed by atoms with van der Waals surface area (Å²) in [5.41, 5.74) is 0.637. The predicted octanol–water partition coefficient (Wildman–Crippen LogP) is -3.40. The van der Waals surface area contributed by atoms with Gasteiger partial charge in [-0.05, 0) is 53.6 Å². The molecule has 0 bridgehead atoms. The Morgan fingerprint density at radius 1 is 0.485 bits per heavy atom. The first-order valence-corrected chi connectivity index (χ1v) is 22.1. The molecule has 0 fully saturated rings. The zero-order chi connectivity index (χ0) is 45.7. The number of nitrogens with zero attached hydrogens (tertiary/aromatic N) is 8. The third kappa shape index (κ3) is 15.1. The molecule has 0 aliphatic carbocycles. The summed E-state index contributed by atoms with van der Waals surface area (Å²) in [6.45, 7) is -1.05. The van der Waals surface area contributed by atoms with Gasteiger partial charge in [0.15, 0.2) is 0 Å². The SMILES string of the molecule is O=S(=O)([O-])c1cc(Nc2nc(Nc3ccccc3)nc(N(CCO)CCO)n2)ccc1/C=C/c1cccc(Nc2nc(Nc3ccccc3)nc(N(CCO)CCO)n2)c1S(=O)(=O)[O-].[Na+].[Na+]. The van der Waals surface area contributed by atoms with E-state index in [1.807, 2.05) is 6.07 Å². The van der Waals surface area contributed by atoms with Crippen molar-refractivity contribution in [1.29, 1.82) is 0 Å². The van der Waals surface area contributed by atoms with Gasteiger partial charge in [0.2, 0.25) is 35.7 Å². The molecule has 0 aliphatic heterocycles. The fourth-order valence-corrected chi connectivity index (χ4v) is 7.61. The average molecular weight is 961 g/mol. The normalized spacial score (nSPS) is 11.3. The molecule has 0 amide bonds. The maximum absolute atomic E-state index is 12.9. The van der Waals surface area contributed by atoms with Gasteiger partial charge in [0.1, 0.15) is 20.2 Å². The van der Waals surface area contributed by atoms with E-state index >= 15 is 0 Å². The zero-order valence-electron chi connectivity index (χ0n) is 35.7. The first kappa shape index (κ1) is 53.7. The second kappa shape index (κ2) is 25.3. The third-order valence-electron chi connectivity index (χ3n) is 8.88. The second-order valence-corrected chi connectivity index (χ2v) is 16.0. The van der Waals surface area contributed by atoms with Crippen LogP contribution in [0.4, 0.5) is 58.4 Å². The molecule has 8 N–H and O–H groups in total. The number of para-hydroxylation sites is 2. The van der Waals surface area contributed by atoms with Gasteiger partial charge in [0.05, 0.1) is 41.9 Å². The van der Waals surface area contributed by atoms with Gasteiger partial charge in [0.25, 0.3) is 0 Å². The topological polar surface area (TPSA) is 327 Å². The molecular weight excluding hydrogens is 919 g/mol. The van der Waals surface area contributed by atoms with Gasteiger partial charge in [-0.1, -0.05) is 66.7 Å². The van der Waals surface area contributed by atoms with Crippen molar-refractivity contribution in [3.8, 4) is 0 Å². The minimum atomic E-state index is -5.28. The molecule has 0 saturated heterocycles. The molecular formula is C40H42N12Na2O10S2. The molecule has 0 atom stereocenters. The molecule has 0 aliphatic rings. The van der Waals surface area contributed by atoms with E-state index in [0.717, 1.165) is 18.2 Å². The monoisotopic (exact) mass is 960 g/mol. The fourth-order valence-electron chi connectivity index (χ4n) is 6.10. The number of hydrogen-bond acceptors (Lipinski definition) is 22. The summed E-state index contributed by atoms with van der Waals surface area (Å²) >= 11 is 0. The smallest absolute Gasteiger partial charge is 0.744 e. The maximum atomic E-state index is 12.9. The fraction of sp³-hybridized carbons (Fsp3) is 0.200. The van der Waals surface area contributed by atoms with Gasteiger partial charge in [0, 0.05) is 43.2 Å². The van der Waals surface area contributed by atoms with Crippen molar-refractivity contribution in [2.75, 3.05) is 83.7 Å². The zero-order valence-corrected chi connectivity index (χ0v) is 41.3. The van der Waals surface area contributed by atoms with Crippen LogP contribution in [0.3, 0.4) is 0 Å². The van der Waals surface area contributed by atoms with E-state index in [-0.39, 0.29) is 170 Å². The Bertz CT molecular complexity index is 2780. The third-order valence-corrected chi connectivity index (χ3v) is 10.7. The molecule has 0 unspecified atom stereocenters. The quantitative estimate of drug-likeness (QED) is 0.0187. The maximum Gasteiger partial charge on any atom is 1.00 e. The summed E-state index contributed by atoms with van der Waals surface area (Å²) in [5.74, 6) is -0.211. The number of aromatic nitrogens is 6. The number of hydrogen-bond donors (Lipinski definition) is 8. The van der Waals surface area contributed by atoms with Crippen molar-refractivity contribution in [2.45, 2.75) is 9.79 Å². The number of rotatable bonds is 22. The summed E-state index contributed by atoms with van der Waals surface area (Å²) in [6.07, 6.45) is 2.30. The molecule has 336 valence electrons. The van der Waals surface area contributed by atoms with Crippen molar-refractivity contribution in [3.63, 3.8) is 0 Å². The van der Waals surface area contributed by atoms with Crippen LogP contribution in [0.15, 0.2) is 107 Å². The molecule has 0 spiro atoms.